The molecule has 1 aliphatic heterocycles. The molecule has 20 heavy (non-hydrogen) atoms. The molecule has 0 bridgehead atoms. The van der Waals surface area contributed by atoms with E-state index in [9.17, 15) is 5.11 Å². The van der Waals surface area contributed by atoms with Gasteiger partial charge in [0, 0.05) is 13.2 Å². The Morgan fingerprint density at radius 3 is 2.30 bits per heavy atom. The van der Waals surface area contributed by atoms with E-state index in [-0.39, 0.29) is 0 Å². The number of epoxide rings is 1. The lowest BCUT2D eigenvalue weighted by atomic mass is 9.91. The summed E-state index contributed by atoms with van der Waals surface area (Å²) in [6.45, 7) is 3.79. The Labute approximate surface area is 122 Å². The minimum absolute atomic E-state index is 0.404. The summed E-state index contributed by atoms with van der Waals surface area (Å²) in [6.07, 6.45) is 17.2. The molecule has 3 nitrogen and oxygen atoms in total. The van der Waals surface area contributed by atoms with E-state index in [4.69, 9.17) is 9.47 Å². The lowest BCUT2D eigenvalue weighted by molar-refractivity contribution is 0.0825. The zero-order valence-electron chi connectivity index (χ0n) is 12.6. The van der Waals surface area contributed by atoms with Crippen molar-refractivity contribution in [3.05, 3.63) is 24.3 Å². The van der Waals surface area contributed by atoms with Gasteiger partial charge in [0.2, 0.25) is 5.79 Å². The van der Waals surface area contributed by atoms with Crippen LogP contribution in [0.2, 0.25) is 0 Å². The lowest BCUT2D eigenvalue weighted by Gasteiger charge is -2.12. The third-order valence-corrected chi connectivity index (χ3v) is 4.24. The number of allylic oxidation sites excluding steroid dienone is 2. The van der Waals surface area contributed by atoms with E-state index >= 15 is 0 Å². The Hall–Kier alpha value is -0.640. The van der Waals surface area contributed by atoms with Crippen LogP contribution in [0.25, 0.3) is 0 Å². The van der Waals surface area contributed by atoms with E-state index in [0.29, 0.717) is 0 Å². The van der Waals surface area contributed by atoms with Crippen molar-refractivity contribution in [1.29, 1.82) is 0 Å². The van der Waals surface area contributed by atoms with Crippen molar-refractivity contribution in [2.24, 2.45) is 0 Å². The van der Waals surface area contributed by atoms with Crippen molar-refractivity contribution >= 4 is 0 Å². The summed E-state index contributed by atoms with van der Waals surface area (Å²) < 4.78 is 10.8. The zero-order valence-corrected chi connectivity index (χ0v) is 12.6. The van der Waals surface area contributed by atoms with Crippen LogP contribution in [-0.2, 0) is 9.47 Å². The molecule has 0 radical (unpaired) electrons. The second kappa shape index (κ2) is 7.39. The van der Waals surface area contributed by atoms with Gasteiger partial charge in [-0.25, -0.2) is 0 Å². The molecule has 0 amide bonds. The molecule has 1 aliphatic carbocycles. The Kier molecular flexibility index (Phi) is 5.82. The molecule has 2 rings (SSSR count). The van der Waals surface area contributed by atoms with E-state index < -0.39 is 11.4 Å². The Morgan fingerprint density at radius 1 is 0.950 bits per heavy atom. The highest BCUT2D eigenvalue weighted by atomic mass is 16.7. The fourth-order valence-electron chi connectivity index (χ4n) is 2.91. The van der Waals surface area contributed by atoms with Crippen LogP contribution in [0.4, 0.5) is 0 Å². The van der Waals surface area contributed by atoms with Crippen molar-refractivity contribution in [3.8, 4) is 0 Å². The SMILES string of the molecule is CCOCCCCCCCCCC12C=CC=CC1(O)O2. The highest BCUT2D eigenvalue weighted by Gasteiger charge is 2.66. The van der Waals surface area contributed by atoms with Gasteiger partial charge in [0.05, 0.1) is 0 Å². The molecule has 0 aromatic rings. The van der Waals surface area contributed by atoms with E-state index in [1.807, 2.05) is 25.2 Å². The topological polar surface area (TPSA) is 42.0 Å². The van der Waals surface area contributed by atoms with Gasteiger partial charge in [0.25, 0.3) is 0 Å². The summed E-state index contributed by atoms with van der Waals surface area (Å²) in [4.78, 5) is 0. The van der Waals surface area contributed by atoms with Crippen LogP contribution in [0.15, 0.2) is 24.3 Å². The van der Waals surface area contributed by atoms with Gasteiger partial charge in [-0.3, -0.25) is 0 Å². The predicted octanol–water partition coefficient (Wildman–Crippen LogP) is 3.73. The molecule has 1 heterocycles. The van der Waals surface area contributed by atoms with Crippen molar-refractivity contribution in [3.63, 3.8) is 0 Å². The molecule has 2 atom stereocenters. The molecule has 2 aliphatic rings. The quantitative estimate of drug-likeness (QED) is 0.463. The minimum Gasteiger partial charge on any atom is -0.382 e. The van der Waals surface area contributed by atoms with Gasteiger partial charge in [-0.15, -0.1) is 0 Å². The van der Waals surface area contributed by atoms with Crippen LogP contribution in [0.5, 0.6) is 0 Å². The fourth-order valence-corrected chi connectivity index (χ4v) is 2.91. The summed E-state index contributed by atoms with van der Waals surface area (Å²) in [5.41, 5.74) is -0.404. The number of hydrogen-bond donors (Lipinski definition) is 1. The fraction of sp³-hybridized carbons (Fsp3) is 0.765. The number of ether oxygens (including phenoxy) is 2. The highest BCUT2D eigenvalue weighted by molar-refractivity contribution is 5.35. The first-order valence-corrected chi connectivity index (χ1v) is 8.10. The first-order chi connectivity index (χ1) is 9.72. The molecule has 3 heteroatoms. The second-order valence-electron chi connectivity index (χ2n) is 5.83. The van der Waals surface area contributed by atoms with Gasteiger partial charge in [-0.05, 0) is 31.9 Å². The highest BCUT2D eigenvalue weighted by Crippen LogP contribution is 2.53. The maximum Gasteiger partial charge on any atom is 0.220 e. The molecular formula is C17H28O3. The van der Waals surface area contributed by atoms with E-state index in [1.54, 1.807) is 6.08 Å². The lowest BCUT2D eigenvalue weighted by Crippen LogP contribution is -2.23. The van der Waals surface area contributed by atoms with Crippen LogP contribution in [0, 0.1) is 0 Å². The van der Waals surface area contributed by atoms with Crippen LogP contribution in [0.3, 0.4) is 0 Å². The number of hydrogen-bond acceptors (Lipinski definition) is 3. The average molecular weight is 280 g/mol. The van der Waals surface area contributed by atoms with Crippen molar-refractivity contribution in [2.45, 2.75) is 69.7 Å². The molecule has 0 saturated carbocycles. The Bertz CT molecular complexity index is 350. The Morgan fingerprint density at radius 2 is 1.60 bits per heavy atom. The molecule has 1 fully saturated rings. The normalized spacial score (nSPS) is 30.5. The van der Waals surface area contributed by atoms with Crippen molar-refractivity contribution < 1.29 is 14.6 Å². The average Bonchev–Trinajstić information content (AvgIpc) is 3.07. The number of aliphatic hydroxyl groups is 1. The summed E-state index contributed by atoms with van der Waals surface area (Å²) in [5.74, 6) is -0.999. The van der Waals surface area contributed by atoms with Crippen molar-refractivity contribution in [2.75, 3.05) is 13.2 Å². The second-order valence-corrected chi connectivity index (χ2v) is 5.83. The predicted molar refractivity (Wildman–Crippen MR) is 80.5 cm³/mol. The van der Waals surface area contributed by atoms with Gasteiger partial charge in [0.15, 0.2) is 0 Å². The molecule has 2 unspecified atom stereocenters. The monoisotopic (exact) mass is 280 g/mol. The first kappa shape index (κ1) is 15.7. The number of unbranched alkanes of at least 4 members (excludes halogenated alkanes) is 6. The van der Waals surface area contributed by atoms with Crippen LogP contribution in [0.1, 0.15) is 58.3 Å². The van der Waals surface area contributed by atoms with E-state index in [1.165, 1.54) is 38.5 Å². The number of rotatable bonds is 11. The van der Waals surface area contributed by atoms with E-state index in [2.05, 4.69) is 0 Å². The third kappa shape index (κ3) is 3.94. The molecule has 0 aromatic carbocycles. The molecule has 114 valence electrons. The first-order valence-electron chi connectivity index (χ1n) is 8.10. The largest absolute Gasteiger partial charge is 0.382 e. The third-order valence-electron chi connectivity index (χ3n) is 4.24. The standard InChI is InChI=1S/C17H28O3/c1-2-19-15-11-7-5-3-4-6-8-12-16-13-9-10-14-17(16,18)20-16/h9-10,13-14,18H,2-8,11-12,15H2,1H3. The summed E-state index contributed by atoms with van der Waals surface area (Å²) in [7, 11) is 0. The minimum atomic E-state index is -0.999. The van der Waals surface area contributed by atoms with Crippen molar-refractivity contribution in [1.82, 2.24) is 0 Å². The van der Waals surface area contributed by atoms with Crippen LogP contribution >= 0.6 is 0 Å². The molecule has 0 spiro atoms. The van der Waals surface area contributed by atoms with Crippen LogP contribution < -0.4 is 0 Å². The summed E-state index contributed by atoms with van der Waals surface area (Å²) in [6, 6.07) is 0. The van der Waals surface area contributed by atoms with Gasteiger partial charge in [-0.2, -0.15) is 0 Å². The molecule has 1 saturated heterocycles. The molecule has 0 aromatic heterocycles. The molecular weight excluding hydrogens is 252 g/mol. The smallest absolute Gasteiger partial charge is 0.220 e. The maximum absolute atomic E-state index is 10.1. The number of fused-ring (bicyclic) bond motifs is 1. The van der Waals surface area contributed by atoms with Gasteiger partial charge in [-0.1, -0.05) is 50.7 Å². The van der Waals surface area contributed by atoms with Gasteiger partial charge in [0.1, 0.15) is 5.60 Å². The maximum atomic E-state index is 10.1. The Balaban J connectivity index is 1.43. The summed E-state index contributed by atoms with van der Waals surface area (Å²) >= 11 is 0. The summed E-state index contributed by atoms with van der Waals surface area (Å²) in [5, 5.41) is 10.1. The van der Waals surface area contributed by atoms with Gasteiger partial charge < -0.3 is 14.6 Å². The van der Waals surface area contributed by atoms with Crippen LogP contribution in [-0.4, -0.2) is 29.7 Å². The van der Waals surface area contributed by atoms with Gasteiger partial charge >= 0.3 is 0 Å². The zero-order chi connectivity index (χ0) is 14.3. The van der Waals surface area contributed by atoms with E-state index in [0.717, 1.165) is 26.1 Å². The molecule has 1 N–H and O–H groups in total.